The van der Waals surface area contributed by atoms with Crippen LogP contribution in [0.25, 0.3) is 6.08 Å². The number of nitrogens with zero attached hydrogens (tertiary/aromatic N) is 1. The van der Waals surface area contributed by atoms with Crippen molar-refractivity contribution in [2.75, 3.05) is 20.4 Å². The van der Waals surface area contributed by atoms with Gasteiger partial charge in [0.1, 0.15) is 0 Å². The summed E-state index contributed by atoms with van der Waals surface area (Å²) in [7, 11) is 1.31. The van der Waals surface area contributed by atoms with Gasteiger partial charge in [0.15, 0.2) is 11.5 Å². The highest BCUT2D eigenvalue weighted by molar-refractivity contribution is 9.10. The van der Waals surface area contributed by atoms with E-state index in [9.17, 15) is 9.59 Å². The van der Waals surface area contributed by atoms with Crippen molar-refractivity contribution < 1.29 is 23.8 Å². The molecule has 0 spiro atoms. The Kier molecular flexibility index (Phi) is 5.63. The van der Waals surface area contributed by atoms with E-state index in [1.165, 1.54) is 7.11 Å². The first-order valence-electron chi connectivity index (χ1n) is 9.45. The highest BCUT2D eigenvalue weighted by Gasteiger charge is 2.37. The molecule has 0 radical (unpaired) electrons. The second kappa shape index (κ2) is 8.36. The molecule has 0 unspecified atom stereocenters. The van der Waals surface area contributed by atoms with E-state index in [0.717, 1.165) is 10.0 Å². The molecular formula is C23H20BrNO5. The lowest BCUT2D eigenvalue weighted by Crippen LogP contribution is -2.27. The van der Waals surface area contributed by atoms with E-state index in [2.05, 4.69) is 15.9 Å². The number of esters is 1. The molecule has 0 bridgehead atoms. The van der Waals surface area contributed by atoms with E-state index in [4.69, 9.17) is 14.2 Å². The zero-order chi connectivity index (χ0) is 21.3. The Bertz CT molecular complexity index is 1070. The van der Waals surface area contributed by atoms with Crippen LogP contribution < -0.4 is 9.47 Å². The average molecular weight is 470 g/mol. The third-order valence-corrected chi connectivity index (χ3v) is 5.85. The van der Waals surface area contributed by atoms with Crippen molar-refractivity contribution in [1.29, 1.82) is 0 Å². The molecule has 0 saturated carbocycles. The number of halogens is 1. The van der Waals surface area contributed by atoms with Crippen molar-refractivity contribution in [3.63, 3.8) is 0 Å². The first-order valence-corrected chi connectivity index (χ1v) is 10.2. The molecule has 0 atom stereocenters. The maximum Gasteiger partial charge on any atom is 0.340 e. The van der Waals surface area contributed by atoms with E-state index in [-0.39, 0.29) is 18.3 Å². The molecule has 0 fully saturated rings. The lowest BCUT2D eigenvalue weighted by Gasteiger charge is -2.17. The van der Waals surface area contributed by atoms with E-state index in [1.807, 2.05) is 30.3 Å². The van der Waals surface area contributed by atoms with Crippen LogP contribution >= 0.6 is 15.9 Å². The predicted octanol–water partition coefficient (Wildman–Crippen LogP) is 4.09. The van der Waals surface area contributed by atoms with Crippen molar-refractivity contribution in [3.05, 3.63) is 74.9 Å². The Hall–Kier alpha value is -3.06. The summed E-state index contributed by atoms with van der Waals surface area (Å²) in [5.41, 5.74) is 2.99. The number of ether oxygens (including phenoxy) is 3. The minimum Gasteiger partial charge on any atom is -0.465 e. The maximum atomic E-state index is 13.3. The molecule has 30 heavy (non-hydrogen) atoms. The summed E-state index contributed by atoms with van der Waals surface area (Å²) in [5, 5.41) is 0. The van der Waals surface area contributed by atoms with Gasteiger partial charge in [0.25, 0.3) is 5.91 Å². The zero-order valence-corrected chi connectivity index (χ0v) is 18.2. The van der Waals surface area contributed by atoms with Crippen LogP contribution in [0.4, 0.5) is 0 Å². The fraction of sp³-hybridized carbons (Fsp3) is 0.217. The van der Waals surface area contributed by atoms with Crippen LogP contribution in [0.1, 0.15) is 18.1 Å². The highest BCUT2D eigenvalue weighted by Crippen LogP contribution is 2.39. The smallest absolute Gasteiger partial charge is 0.340 e. The highest BCUT2D eigenvalue weighted by atomic mass is 79.9. The summed E-state index contributed by atoms with van der Waals surface area (Å²) in [6.45, 7) is 2.39. The van der Waals surface area contributed by atoms with Crippen LogP contribution in [-0.4, -0.2) is 37.2 Å². The van der Waals surface area contributed by atoms with Crippen molar-refractivity contribution in [2.24, 2.45) is 0 Å². The van der Waals surface area contributed by atoms with Gasteiger partial charge in [-0.2, -0.15) is 0 Å². The molecule has 2 heterocycles. The van der Waals surface area contributed by atoms with Gasteiger partial charge < -0.3 is 19.1 Å². The lowest BCUT2D eigenvalue weighted by molar-refractivity contribution is -0.136. The normalized spacial score (nSPS) is 16.6. The Morgan fingerprint density at radius 2 is 1.90 bits per heavy atom. The summed E-state index contributed by atoms with van der Waals surface area (Å²) in [6, 6.07) is 13.5. The second-order valence-electron chi connectivity index (χ2n) is 6.93. The summed E-state index contributed by atoms with van der Waals surface area (Å²) in [4.78, 5) is 27.4. The molecule has 2 aromatic rings. The molecule has 0 aromatic heterocycles. The number of benzene rings is 2. The molecule has 2 aliphatic rings. The lowest BCUT2D eigenvalue weighted by atomic mass is 10.0. The van der Waals surface area contributed by atoms with Gasteiger partial charge in [0, 0.05) is 16.7 Å². The number of carbonyl (C=O) groups excluding carboxylic acids is 2. The van der Waals surface area contributed by atoms with Gasteiger partial charge in [-0.3, -0.25) is 4.79 Å². The SMILES string of the molecule is COC(=O)C1=C(C)N(CCc2ccccc2)C(=O)C1=Cc1cc2c(cc1Br)OCO2. The number of fused-ring (bicyclic) bond motifs is 1. The van der Waals surface area contributed by atoms with Crippen LogP contribution in [0.3, 0.4) is 0 Å². The molecule has 4 rings (SSSR count). The average Bonchev–Trinajstić information content (AvgIpc) is 3.29. The monoisotopic (exact) mass is 469 g/mol. The summed E-state index contributed by atoms with van der Waals surface area (Å²) in [5.74, 6) is 0.461. The van der Waals surface area contributed by atoms with Crippen molar-refractivity contribution >= 4 is 33.9 Å². The summed E-state index contributed by atoms with van der Waals surface area (Å²) in [6.07, 6.45) is 2.37. The zero-order valence-electron chi connectivity index (χ0n) is 16.6. The van der Waals surface area contributed by atoms with Gasteiger partial charge in [-0.1, -0.05) is 46.3 Å². The quantitative estimate of drug-likeness (QED) is 0.487. The fourth-order valence-electron chi connectivity index (χ4n) is 3.58. The molecular weight excluding hydrogens is 450 g/mol. The molecule has 0 aliphatic carbocycles. The molecule has 1 amide bonds. The topological polar surface area (TPSA) is 65.1 Å². The number of hydrogen-bond acceptors (Lipinski definition) is 5. The van der Waals surface area contributed by atoms with Crippen LogP contribution in [0, 0.1) is 0 Å². The Balaban J connectivity index is 1.69. The molecule has 0 saturated heterocycles. The van der Waals surface area contributed by atoms with E-state index < -0.39 is 5.97 Å². The molecule has 2 aliphatic heterocycles. The first kappa shape index (κ1) is 20.2. The van der Waals surface area contributed by atoms with Crippen molar-refractivity contribution in [1.82, 2.24) is 4.90 Å². The predicted molar refractivity (Wildman–Crippen MR) is 115 cm³/mol. The van der Waals surface area contributed by atoms with Crippen LogP contribution in [0.2, 0.25) is 0 Å². The fourth-order valence-corrected chi connectivity index (χ4v) is 4.02. The van der Waals surface area contributed by atoms with Gasteiger partial charge in [0.2, 0.25) is 6.79 Å². The largest absolute Gasteiger partial charge is 0.465 e. The van der Waals surface area contributed by atoms with Crippen molar-refractivity contribution in [3.8, 4) is 11.5 Å². The van der Waals surface area contributed by atoms with E-state index >= 15 is 0 Å². The molecule has 6 nitrogen and oxygen atoms in total. The minimum atomic E-state index is -0.536. The second-order valence-corrected chi connectivity index (χ2v) is 7.78. The molecule has 154 valence electrons. The van der Waals surface area contributed by atoms with E-state index in [1.54, 1.807) is 30.0 Å². The Labute approximate surface area is 182 Å². The number of rotatable bonds is 5. The van der Waals surface area contributed by atoms with Crippen LogP contribution in [0.5, 0.6) is 11.5 Å². The summed E-state index contributed by atoms with van der Waals surface area (Å²) < 4.78 is 16.5. The van der Waals surface area contributed by atoms with Crippen LogP contribution in [-0.2, 0) is 20.7 Å². The first-order chi connectivity index (χ1) is 14.5. The van der Waals surface area contributed by atoms with Crippen molar-refractivity contribution in [2.45, 2.75) is 13.3 Å². The van der Waals surface area contributed by atoms with Gasteiger partial charge >= 0.3 is 5.97 Å². The molecule has 0 N–H and O–H groups in total. The number of hydrogen-bond donors (Lipinski definition) is 0. The van der Waals surface area contributed by atoms with Crippen LogP contribution in [0.15, 0.2) is 63.8 Å². The van der Waals surface area contributed by atoms with E-state index in [0.29, 0.717) is 41.3 Å². The van der Waals surface area contributed by atoms with Gasteiger partial charge in [-0.25, -0.2) is 4.79 Å². The van der Waals surface area contributed by atoms with Gasteiger partial charge in [0.05, 0.1) is 18.3 Å². The Morgan fingerprint density at radius 3 is 2.60 bits per heavy atom. The standard InChI is InChI=1S/C23H20BrNO5/c1-14-21(23(27)28-2)17(10-16-11-19-20(12-18(16)24)30-13-29-19)22(26)25(14)9-8-15-6-4-3-5-7-15/h3-7,10-12H,8-9,13H2,1-2H3. The third-order valence-electron chi connectivity index (χ3n) is 5.16. The van der Waals surface area contributed by atoms with Gasteiger partial charge in [-0.05, 0) is 42.7 Å². The minimum absolute atomic E-state index is 0.153. The molecule has 2 aromatic carbocycles. The Morgan fingerprint density at radius 1 is 1.20 bits per heavy atom. The number of carbonyl (C=O) groups is 2. The number of amides is 1. The number of methoxy groups -OCH3 is 1. The van der Waals surface area contributed by atoms with Gasteiger partial charge in [-0.15, -0.1) is 0 Å². The third kappa shape index (κ3) is 3.73. The maximum absolute atomic E-state index is 13.3. The number of allylic oxidation sites excluding steroid dienone is 1. The molecule has 7 heteroatoms. The summed E-state index contributed by atoms with van der Waals surface area (Å²) >= 11 is 3.51.